The summed E-state index contributed by atoms with van der Waals surface area (Å²) in [5.74, 6) is -17.2. The summed E-state index contributed by atoms with van der Waals surface area (Å²) in [4.78, 5) is 21.4. The fourth-order valence-electron chi connectivity index (χ4n) is 1.95. The number of esters is 1. The van der Waals surface area contributed by atoms with Crippen LogP contribution < -0.4 is 20.5 Å². The Morgan fingerprint density at radius 2 is 1.24 bits per heavy atom. The summed E-state index contributed by atoms with van der Waals surface area (Å²) in [5, 5.41) is 2.30. The van der Waals surface area contributed by atoms with Crippen LogP contribution in [0.1, 0.15) is 13.8 Å². The normalized spacial score (nSPS) is 11.2. The van der Waals surface area contributed by atoms with Gasteiger partial charge in [-0.25, -0.2) is 17.6 Å². The molecule has 14 heteroatoms. The van der Waals surface area contributed by atoms with Crippen LogP contribution in [0.2, 0.25) is 0 Å². The van der Waals surface area contributed by atoms with Crippen LogP contribution >= 0.6 is 0 Å². The molecule has 0 bridgehead atoms. The first-order chi connectivity index (χ1) is 15.3. The van der Waals surface area contributed by atoms with Crippen molar-refractivity contribution in [2.24, 2.45) is 5.73 Å². The number of benzene rings is 2. The fraction of sp³-hybridized carbons (Fsp3) is 0.263. The zero-order chi connectivity index (χ0) is 25.5. The predicted octanol–water partition coefficient (Wildman–Crippen LogP) is 3.25. The van der Waals surface area contributed by atoms with Crippen LogP contribution in [0.3, 0.4) is 0 Å². The SMILES string of the molecule is CC(=O)Oc1c(F)c(F)cc(F)c1F.CC(N)C(=O)NCCOc1c(F)c(F)cc(F)c1F. The molecule has 0 aromatic heterocycles. The summed E-state index contributed by atoms with van der Waals surface area (Å²) in [6.07, 6.45) is 0. The topological polar surface area (TPSA) is 90.7 Å². The van der Waals surface area contributed by atoms with Crippen molar-refractivity contribution in [2.75, 3.05) is 13.2 Å². The predicted molar refractivity (Wildman–Crippen MR) is 96.0 cm³/mol. The van der Waals surface area contributed by atoms with Crippen molar-refractivity contribution in [3.8, 4) is 11.5 Å². The highest BCUT2D eigenvalue weighted by molar-refractivity contribution is 5.80. The first-order valence-corrected chi connectivity index (χ1v) is 8.78. The minimum atomic E-state index is -1.74. The molecule has 2 aromatic rings. The quantitative estimate of drug-likeness (QED) is 0.214. The first-order valence-electron chi connectivity index (χ1n) is 8.78. The summed E-state index contributed by atoms with van der Waals surface area (Å²) < 4.78 is 111. The number of carbonyl (C=O) groups is 2. The van der Waals surface area contributed by atoms with Crippen molar-refractivity contribution < 1.29 is 54.2 Å². The monoisotopic (exact) mass is 488 g/mol. The number of nitrogens with one attached hydrogen (secondary N) is 1. The molecule has 0 saturated carbocycles. The van der Waals surface area contributed by atoms with Gasteiger partial charge in [0.15, 0.2) is 29.0 Å². The molecule has 0 aliphatic carbocycles. The Morgan fingerprint density at radius 1 is 0.848 bits per heavy atom. The highest BCUT2D eigenvalue weighted by Gasteiger charge is 2.22. The van der Waals surface area contributed by atoms with Gasteiger partial charge < -0.3 is 20.5 Å². The molecule has 0 saturated heterocycles. The van der Waals surface area contributed by atoms with E-state index in [1.54, 1.807) is 0 Å². The largest absolute Gasteiger partial charge is 0.486 e. The second-order valence-corrected chi connectivity index (χ2v) is 6.12. The third-order valence-corrected chi connectivity index (χ3v) is 3.45. The summed E-state index contributed by atoms with van der Waals surface area (Å²) in [6.45, 7) is 1.81. The molecule has 33 heavy (non-hydrogen) atoms. The highest BCUT2D eigenvalue weighted by Crippen LogP contribution is 2.27. The van der Waals surface area contributed by atoms with Gasteiger partial charge in [0.25, 0.3) is 0 Å². The Balaban J connectivity index is 0.000000346. The third kappa shape index (κ3) is 7.59. The fourth-order valence-corrected chi connectivity index (χ4v) is 1.95. The van der Waals surface area contributed by atoms with E-state index in [0.717, 1.165) is 6.92 Å². The van der Waals surface area contributed by atoms with Crippen LogP contribution in [0.25, 0.3) is 0 Å². The van der Waals surface area contributed by atoms with E-state index in [-0.39, 0.29) is 25.3 Å². The van der Waals surface area contributed by atoms with Crippen LogP contribution in [0, 0.1) is 46.5 Å². The number of carbonyl (C=O) groups excluding carboxylic acids is 2. The van der Waals surface area contributed by atoms with Crippen molar-refractivity contribution in [3.63, 3.8) is 0 Å². The first kappa shape index (κ1) is 27.6. The van der Waals surface area contributed by atoms with Gasteiger partial charge in [0, 0.05) is 19.1 Å². The van der Waals surface area contributed by atoms with E-state index < -0.39 is 76.0 Å². The van der Waals surface area contributed by atoms with Crippen LogP contribution in [0.4, 0.5) is 35.1 Å². The zero-order valence-electron chi connectivity index (χ0n) is 16.9. The minimum Gasteiger partial charge on any atom is -0.486 e. The van der Waals surface area contributed by atoms with Crippen molar-refractivity contribution in [3.05, 3.63) is 58.7 Å². The second-order valence-electron chi connectivity index (χ2n) is 6.12. The molecule has 0 spiro atoms. The van der Waals surface area contributed by atoms with Gasteiger partial charge in [-0.15, -0.1) is 0 Å². The van der Waals surface area contributed by atoms with Gasteiger partial charge in [-0.05, 0) is 6.92 Å². The lowest BCUT2D eigenvalue weighted by Gasteiger charge is -2.11. The van der Waals surface area contributed by atoms with Gasteiger partial charge in [-0.2, -0.15) is 17.6 Å². The average Bonchev–Trinajstić information content (AvgIpc) is 2.73. The molecule has 1 unspecified atom stereocenters. The van der Waals surface area contributed by atoms with Crippen LogP contribution in [0.5, 0.6) is 11.5 Å². The molecule has 0 aliphatic rings. The van der Waals surface area contributed by atoms with E-state index in [1.165, 1.54) is 6.92 Å². The maximum Gasteiger partial charge on any atom is 0.308 e. The molecule has 0 radical (unpaired) electrons. The molecule has 0 aliphatic heterocycles. The molecule has 6 nitrogen and oxygen atoms in total. The molecule has 1 amide bonds. The number of nitrogens with two attached hydrogens (primary N) is 1. The van der Waals surface area contributed by atoms with Gasteiger partial charge in [-0.1, -0.05) is 0 Å². The minimum absolute atomic E-state index is 0.0255. The second kappa shape index (κ2) is 12.0. The molecule has 0 heterocycles. The molecular weight excluding hydrogens is 472 g/mol. The molecule has 182 valence electrons. The Morgan fingerprint density at radius 3 is 1.61 bits per heavy atom. The van der Waals surface area contributed by atoms with E-state index in [1.807, 2.05) is 0 Å². The van der Waals surface area contributed by atoms with Crippen molar-refractivity contribution in [1.82, 2.24) is 5.32 Å². The third-order valence-electron chi connectivity index (χ3n) is 3.45. The van der Waals surface area contributed by atoms with E-state index in [0.29, 0.717) is 0 Å². The van der Waals surface area contributed by atoms with Crippen molar-refractivity contribution in [1.29, 1.82) is 0 Å². The van der Waals surface area contributed by atoms with E-state index in [9.17, 15) is 44.7 Å². The number of amides is 1. The van der Waals surface area contributed by atoms with Crippen molar-refractivity contribution in [2.45, 2.75) is 19.9 Å². The Hall–Kier alpha value is -3.42. The number of halogens is 8. The maximum atomic E-state index is 13.1. The number of hydrogen-bond donors (Lipinski definition) is 2. The van der Waals surface area contributed by atoms with Gasteiger partial charge in [0.05, 0.1) is 12.6 Å². The molecule has 2 rings (SSSR count). The molecule has 3 N–H and O–H groups in total. The lowest BCUT2D eigenvalue weighted by Crippen LogP contribution is -2.40. The Kier molecular flexibility index (Phi) is 10.0. The zero-order valence-corrected chi connectivity index (χ0v) is 16.9. The number of rotatable bonds is 6. The van der Waals surface area contributed by atoms with E-state index in [4.69, 9.17) is 5.73 Å². The van der Waals surface area contributed by atoms with Gasteiger partial charge >= 0.3 is 5.97 Å². The van der Waals surface area contributed by atoms with Crippen LogP contribution in [0.15, 0.2) is 12.1 Å². The highest BCUT2D eigenvalue weighted by atomic mass is 19.2. The van der Waals surface area contributed by atoms with Gasteiger partial charge in [-0.3, -0.25) is 9.59 Å². The summed E-state index contributed by atoms with van der Waals surface area (Å²) in [5.41, 5.74) is 5.25. The summed E-state index contributed by atoms with van der Waals surface area (Å²) >= 11 is 0. The van der Waals surface area contributed by atoms with Gasteiger partial charge in [0.1, 0.15) is 6.61 Å². The maximum absolute atomic E-state index is 13.1. The molecule has 1 atom stereocenters. The van der Waals surface area contributed by atoms with E-state index in [2.05, 4.69) is 14.8 Å². The molecular formula is C19H16F8N2O4. The Bertz CT molecular complexity index is 981. The van der Waals surface area contributed by atoms with Crippen molar-refractivity contribution >= 4 is 11.9 Å². The summed E-state index contributed by atoms with van der Waals surface area (Å²) in [7, 11) is 0. The lowest BCUT2D eigenvalue weighted by atomic mass is 10.3. The molecule has 2 aromatic carbocycles. The summed E-state index contributed by atoms with van der Waals surface area (Å²) in [6, 6.07) is -0.646. The van der Waals surface area contributed by atoms with E-state index >= 15 is 0 Å². The Labute approximate surface area is 181 Å². The van der Waals surface area contributed by atoms with Crippen LogP contribution in [-0.4, -0.2) is 31.1 Å². The molecule has 0 fully saturated rings. The van der Waals surface area contributed by atoms with Crippen LogP contribution in [-0.2, 0) is 9.59 Å². The number of ether oxygens (including phenoxy) is 2. The standard InChI is InChI=1S/C11H12F4N2O2.C8H4F4O2/c1-5(16)11(18)17-2-3-19-10-8(14)6(12)4-7(13)9(10)15;1-3(13)14-8-6(11)4(9)2-5(10)7(8)12/h4-5H,2-3,16H2,1H3,(H,17,18);2H,1H3. The smallest absolute Gasteiger partial charge is 0.308 e. The lowest BCUT2D eigenvalue weighted by molar-refractivity contribution is -0.132. The van der Waals surface area contributed by atoms with Gasteiger partial charge in [0.2, 0.25) is 34.9 Å². The number of hydrogen-bond acceptors (Lipinski definition) is 5. The average molecular weight is 488 g/mol.